The Morgan fingerprint density at radius 3 is 2.58 bits per heavy atom. The quantitative estimate of drug-likeness (QED) is 0.666. The molecule has 1 aromatic heterocycles. The van der Waals surface area contributed by atoms with Gasteiger partial charge in [-0.25, -0.2) is 5.01 Å². The van der Waals surface area contributed by atoms with E-state index in [-0.39, 0.29) is 37.0 Å². The first-order valence-electron chi connectivity index (χ1n) is 10.5. The van der Waals surface area contributed by atoms with Gasteiger partial charge in [0.05, 0.1) is 32.2 Å². The van der Waals surface area contributed by atoms with E-state index in [0.29, 0.717) is 18.7 Å². The summed E-state index contributed by atoms with van der Waals surface area (Å²) in [5.74, 6) is 1.16. The number of carbonyl (C=O) groups excluding carboxylic acids is 2. The van der Waals surface area contributed by atoms with Gasteiger partial charge in [0.2, 0.25) is 5.91 Å². The maximum Gasteiger partial charge on any atom is 0.257 e. The number of likely N-dealkylation sites (N-methyl/N-ethyl adjacent to an activating group) is 1. The first-order chi connectivity index (χ1) is 14.9. The number of nitrogens with zero attached hydrogens (tertiary/aromatic N) is 3. The monoisotopic (exact) mass is 426 g/mol. The first-order valence-corrected chi connectivity index (χ1v) is 10.5. The lowest BCUT2D eigenvalue weighted by Gasteiger charge is -2.25. The Morgan fingerprint density at radius 2 is 2.00 bits per heavy atom. The maximum absolute atomic E-state index is 13.2. The van der Waals surface area contributed by atoms with Crippen LogP contribution < -0.4 is 10.1 Å². The second-order valence-electron chi connectivity index (χ2n) is 7.77. The Labute approximate surface area is 182 Å². The summed E-state index contributed by atoms with van der Waals surface area (Å²) in [6.45, 7) is 6.58. The van der Waals surface area contributed by atoms with Crippen LogP contribution in [0.15, 0.2) is 52.2 Å². The Bertz CT molecular complexity index is 906. The number of carbonyl (C=O) groups is 2. The third-order valence-corrected chi connectivity index (χ3v) is 5.08. The van der Waals surface area contributed by atoms with Crippen LogP contribution in [0.3, 0.4) is 0 Å². The third-order valence-electron chi connectivity index (χ3n) is 5.08. The van der Waals surface area contributed by atoms with E-state index in [2.05, 4.69) is 10.4 Å². The van der Waals surface area contributed by atoms with Crippen molar-refractivity contribution in [2.75, 3.05) is 26.7 Å². The SMILES string of the molecule is CCN(CC(=O)NC(C)C)CC(=O)N1N=C(c2ccc(OC)cc2)C[C@@H]1c1ccco1. The molecule has 0 fully saturated rings. The summed E-state index contributed by atoms with van der Waals surface area (Å²) >= 11 is 0. The van der Waals surface area contributed by atoms with Crippen LogP contribution in [-0.2, 0) is 9.59 Å². The fourth-order valence-electron chi connectivity index (χ4n) is 3.51. The summed E-state index contributed by atoms with van der Waals surface area (Å²) in [6, 6.07) is 11.0. The van der Waals surface area contributed by atoms with Gasteiger partial charge in [-0.2, -0.15) is 5.10 Å². The van der Waals surface area contributed by atoms with Crippen LogP contribution in [0.2, 0.25) is 0 Å². The molecule has 8 nitrogen and oxygen atoms in total. The second-order valence-corrected chi connectivity index (χ2v) is 7.77. The summed E-state index contributed by atoms with van der Waals surface area (Å²) in [5.41, 5.74) is 1.73. The van der Waals surface area contributed by atoms with Gasteiger partial charge >= 0.3 is 0 Å². The van der Waals surface area contributed by atoms with Crippen LogP contribution >= 0.6 is 0 Å². The number of hydrazone groups is 1. The standard InChI is InChI=1S/C23H30N4O4/c1-5-26(14-22(28)24-16(2)3)15-23(29)27-20(21-7-6-12-31-21)13-19(25-27)17-8-10-18(30-4)11-9-17/h6-12,16,20H,5,13-15H2,1-4H3,(H,24,28)/t20-/m1/s1. The zero-order valence-electron chi connectivity index (χ0n) is 18.5. The van der Waals surface area contributed by atoms with E-state index in [1.807, 2.05) is 51.1 Å². The molecule has 0 unspecified atom stereocenters. The number of rotatable bonds is 9. The van der Waals surface area contributed by atoms with Crippen molar-refractivity contribution in [1.29, 1.82) is 0 Å². The van der Waals surface area contributed by atoms with E-state index in [0.717, 1.165) is 17.0 Å². The van der Waals surface area contributed by atoms with Gasteiger partial charge in [0.1, 0.15) is 17.6 Å². The number of nitrogens with one attached hydrogen (secondary N) is 1. The largest absolute Gasteiger partial charge is 0.497 e. The molecule has 0 saturated heterocycles. The number of hydrogen-bond acceptors (Lipinski definition) is 6. The van der Waals surface area contributed by atoms with E-state index in [1.165, 1.54) is 5.01 Å². The van der Waals surface area contributed by atoms with Crippen molar-refractivity contribution in [1.82, 2.24) is 15.2 Å². The highest BCUT2D eigenvalue weighted by Crippen LogP contribution is 2.33. The molecule has 1 N–H and O–H groups in total. The Morgan fingerprint density at radius 1 is 1.26 bits per heavy atom. The summed E-state index contributed by atoms with van der Waals surface area (Å²) < 4.78 is 10.8. The molecule has 3 rings (SSSR count). The molecule has 0 aliphatic carbocycles. The topological polar surface area (TPSA) is 87.4 Å². The average molecular weight is 427 g/mol. The van der Waals surface area contributed by atoms with Crippen LogP contribution in [0.1, 0.15) is 44.6 Å². The predicted octanol–water partition coefficient (Wildman–Crippen LogP) is 2.81. The molecule has 2 amide bonds. The van der Waals surface area contributed by atoms with Crippen LogP contribution in [-0.4, -0.2) is 60.2 Å². The summed E-state index contributed by atoms with van der Waals surface area (Å²) in [7, 11) is 1.62. The fourth-order valence-corrected chi connectivity index (χ4v) is 3.51. The number of amides is 2. The maximum atomic E-state index is 13.2. The molecular formula is C23H30N4O4. The molecule has 2 aromatic rings. The minimum absolute atomic E-state index is 0.0560. The highest BCUT2D eigenvalue weighted by molar-refractivity contribution is 6.03. The summed E-state index contributed by atoms with van der Waals surface area (Å²) in [4.78, 5) is 27.1. The van der Waals surface area contributed by atoms with Gasteiger partial charge in [-0.1, -0.05) is 6.92 Å². The Kier molecular flexibility index (Phi) is 7.46. The van der Waals surface area contributed by atoms with Gasteiger partial charge in [-0.05, 0) is 62.4 Å². The van der Waals surface area contributed by atoms with Crippen LogP contribution in [0.5, 0.6) is 5.75 Å². The molecule has 1 aliphatic rings. The molecule has 2 heterocycles. The van der Waals surface area contributed by atoms with E-state index in [9.17, 15) is 9.59 Å². The molecular weight excluding hydrogens is 396 g/mol. The minimum atomic E-state index is -0.317. The lowest BCUT2D eigenvalue weighted by molar-refractivity contribution is -0.135. The molecule has 166 valence electrons. The fraction of sp³-hybridized carbons (Fsp3) is 0.435. The molecule has 0 bridgehead atoms. The van der Waals surface area contributed by atoms with Crippen molar-refractivity contribution in [3.8, 4) is 5.75 Å². The van der Waals surface area contributed by atoms with Gasteiger partial charge in [-0.3, -0.25) is 14.5 Å². The van der Waals surface area contributed by atoms with Crippen molar-refractivity contribution >= 4 is 17.5 Å². The first kappa shape index (κ1) is 22.6. The smallest absolute Gasteiger partial charge is 0.257 e. The summed E-state index contributed by atoms with van der Waals surface area (Å²) in [6.07, 6.45) is 2.14. The van der Waals surface area contributed by atoms with Gasteiger partial charge in [-0.15, -0.1) is 0 Å². The molecule has 1 aliphatic heterocycles. The second kappa shape index (κ2) is 10.3. The number of furan rings is 1. The highest BCUT2D eigenvalue weighted by Gasteiger charge is 2.35. The molecule has 1 aromatic carbocycles. The lowest BCUT2D eigenvalue weighted by atomic mass is 10.0. The average Bonchev–Trinajstić information content (AvgIpc) is 3.42. The third kappa shape index (κ3) is 5.73. The molecule has 8 heteroatoms. The molecule has 0 radical (unpaired) electrons. The van der Waals surface area contributed by atoms with Crippen LogP contribution in [0.4, 0.5) is 0 Å². The Balaban J connectivity index is 1.77. The van der Waals surface area contributed by atoms with E-state index >= 15 is 0 Å². The zero-order chi connectivity index (χ0) is 22.4. The molecule has 31 heavy (non-hydrogen) atoms. The van der Waals surface area contributed by atoms with Crippen molar-refractivity contribution in [3.63, 3.8) is 0 Å². The molecule has 1 atom stereocenters. The number of ether oxygens (including phenoxy) is 1. The number of methoxy groups -OCH3 is 1. The minimum Gasteiger partial charge on any atom is -0.497 e. The van der Waals surface area contributed by atoms with Gasteiger partial charge < -0.3 is 14.5 Å². The van der Waals surface area contributed by atoms with Crippen LogP contribution in [0.25, 0.3) is 0 Å². The summed E-state index contributed by atoms with van der Waals surface area (Å²) in [5, 5.41) is 8.99. The molecule has 0 spiro atoms. The van der Waals surface area contributed by atoms with Crippen molar-refractivity contribution < 1.29 is 18.7 Å². The zero-order valence-corrected chi connectivity index (χ0v) is 18.5. The normalized spacial score (nSPS) is 16.0. The highest BCUT2D eigenvalue weighted by atomic mass is 16.5. The predicted molar refractivity (Wildman–Crippen MR) is 118 cm³/mol. The molecule has 0 saturated carbocycles. The van der Waals surface area contributed by atoms with Gasteiger partial charge in [0.15, 0.2) is 0 Å². The van der Waals surface area contributed by atoms with E-state index < -0.39 is 0 Å². The van der Waals surface area contributed by atoms with E-state index in [1.54, 1.807) is 24.3 Å². The number of benzene rings is 1. The Hall–Kier alpha value is -3.13. The van der Waals surface area contributed by atoms with Crippen molar-refractivity contribution in [2.24, 2.45) is 5.10 Å². The van der Waals surface area contributed by atoms with Crippen molar-refractivity contribution in [3.05, 3.63) is 54.0 Å². The van der Waals surface area contributed by atoms with Gasteiger partial charge in [0, 0.05) is 12.5 Å². The lowest BCUT2D eigenvalue weighted by Crippen LogP contribution is -2.44. The van der Waals surface area contributed by atoms with Gasteiger partial charge in [0.25, 0.3) is 5.91 Å². The van der Waals surface area contributed by atoms with Crippen molar-refractivity contribution in [2.45, 2.75) is 39.3 Å². The number of hydrogen-bond donors (Lipinski definition) is 1. The van der Waals surface area contributed by atoms with E-state index in [4.69, 9.17) is 9.15 Å². The van der Waals surface area contributed by atoms with Crippen LogP contribution in [0, 0.1) is 0 Å².